The third kappa shape index (κ3) is 2.68. The molecule has 0 fully saturated rings. The van der Waals surface area contributed by atoms with E-state index in [1.807, 2.05) is 24.3 Å². The molecule has 1 amide bonds. The number of rotatable bonds is 4. The molecule has 0 aliphatic heterocycles. The molecular weight excluding hydrogens is 230 g/mol. The highest BCUT2D eigenvalue weighted by molar-refractivity contribution is 5.93. The Morgan fingerprint density at radius 3 is 3.00 bits per heavy atom. The molecule has 1 aromatic carbocycles. The van der Waals surface area contributed by atoms with Crippen molar-refractivity contribution in [1.82, 2.24) is 15.1 Å². The number of carbonyl (C=O) groups is 1. The quantitative estimate of drug-likeness (QED) is 0.891. The minimum absolute atomic E-state index is 0.0634. The summed E-state index contributed by atoms with van der Waals surface area (Å²) in [5.41, 5.74) is 1.58. The SMILES string of the molecule is COc1cccc(CN(C)C(=O)c2cn[nH]c2)c1. The van der Waals surface area contributed by atoms with Crippen LogP contribution >= 0.6 is 0 Å². The van der Waals surface area contributed by atoms with E-state index in [1.54, 1.807) is 25.3 Å². The van der Waals surface area contributed by atoms with Crippen molar-refractivity contribution in [3.8, 4) is 5.75 Å². The average molecular weight is 245 g/mol. The van der Waals surface area contributed by atoms with Gasteiger partial charge in [0.1, 0.15) is 5.75 Å². The van der Waals surface area contributed by atoms with Gasteiger partial charge in [0.15, 0.2) is 0 Å². The highest BCUT2D eigenvalue weighted by atomic mass is 16.5. The lowest BCUT2D eigenvalue weighted by molar-refractivity contribution is 0.0785. The Bertz CT molecular complexity index is 523. The maximum absolute atomic E-state index is 12.0. The highest BCUT2D eigenvalue weighted by Crippen LogP contribution is 2.14. The van der Waals surface area contributed by atoms with Crippen molar-refractivity contribution in [2.24, 2.45) is 0 Å². The molecule has 0 saturated carbocycles. The maximum atomic E-state index is 12.0. The number of benzene rings is 1. The fraction of sp³-hybridized carbons (Fsp3) is 0.231. The maximum Gasteiger partial charge on any atom is 0.257 e. The van der Waals surface area contributed by atoms with Crippen molar-refractivity contribution < 1.29 is 9.53 Å². The molecule has 0 aliphatic carbocycles. The molecule has 18 heavy (non-hydrogen) atoms. The van der Waals surface area contributed by atoms with E-state index in [1.165, 1.54) is 6.20 Å². The Labute approximate surface area is 105 Å². The molecule has 1 N–H and O–H groups in total. The van der Waals surface area contributed by atoms with Crippen molar-refractivity contribution >= 4 is 5.91 Å². The lowest BCUT2D eigenvalue weighted by Crippen LogP contribution is -2.25. The molecule has 0 atom stereocenters. The molecule has 2 rings (SSSR count). The van der Waals surface area contributed by atoms with Gasteiger partial charge in [-0.2, -0.15) is 5.10 Å². The van der Waals surface area contributed by atoms with E-state index in [0.29, 0.717) is 12.1 Å². The van der Waals surface area contributed by atoms with Crippen LogP contribution in [0.2, 0.25) is 0 Å². The van der Waals surface area contributed by atoms with Crippen LogP contribution in [0.25, 0.3) is 0 Å². The van der Waals surface area contributed by atoms with Crippen molar-refractivity contribution in [1.29, 1.82) is 0 Å². The summed E-state index contributed by atoms with van der Waals surface area (Å²) in [7, 11) is 3.38. The van der Waals surface area contributed by atoms with E-state index in [4.69, 9.17) is 4.74 Å². The topological polar surface area (TPSA) is 58.2 Å². The number of nitrogens with zero attached hydrogens (tertiary/aromatic N) is 2. The summed E-state index contributed by atoms with van der Waals surface area (Å²) in [5.74, 6) is 0.725. The van der Waals surface area contributed by atoms with E-state index in [9.17, 15) is 4.79 Å². The monoisotopic (exact) mass is 245 g/mol. The van der Waals surface area contributed by atoms with Gasteiger partial charge in [0.25, 0.3) is 5.91 Å². The summed E-state index contributed by atoms with van der Waals surface area (Å²) in [6, 6.07) is 7.66. The molecule has 94 valence electrons. The van der Waals surface area contributed by atoms with Gasteiger partial charge in [-0.3, -0.25) is 9.89 Å². The minimum atomic E-state index is -0.0634. The van der Waals surface area contributed by atoms with Crippen LogP contribution in [-0.2, 0) is 6.54 Å². The molecule has 5 nitrogen and oxygen atoms in total. The lowest BCUT2D eigenvalue weighted by Gasteiger charge is -2.16. The second kappa shape index (κ2) is 5.35. The second-order valence-electron chi connectivity index (χ2n) is 4.00. The molecule has 1 heterocycles. The number of ether oxygens (including phenoxy) is 1. The van der Waals surface area contributed by atoms with Crippen molar-refractivity contribution in [3.63, 3.8) is 0 Å². The Hall–Kier alpha value is -2.30. The largest absolute Gasteiger partial charge is 0.497 e. The van der Waals surface area contributed by atoms with Crippen LogP contribution in [0.1, 0.15) is 15.9 Å². The van der Waals surface area contributed by atoms with Crippen LogP contribution in [0.3, 0.4) is 0 Å². The standard InChI is InChI=1S/C13H15N3O2/c1-16(13(17)11-7-14-15-8-11)9-10-4-3-5-12(6-10)18-2/h3-8H,9H2,1-2H3,(H,14,15). The summed E-state index contributed by atoms with van der Waals surface area (Å²) in [6.45, 7) is 0.529. The molecule has 0 bridgehead atoms. The zero-order valence-corrected chi connectivity index (χ0v) is 10.4. The molecule has 5 heteroatoms. The Morgan fingerprint density at radius 2 is 2.33 bits per heavy atom. The predicted octanol–water partition coefficient (Wildman–Crippen LogP) is 1.69. The van der Waals surface area contributed by atoms with Crippen LogP contribution in [0.5, 0.6) is 5.75 Å². The van der Waals surface area contributed by atoms with E-state index < -0.39 is 0 Å². The Morgan fingerprint density at radius 1 is 1.50 bits per heavy atom. The van der Waals surface area contributed by atoms with Gasteiger partial charge in [0, 0.05) is 19.8 Å². The van der Waals surface area contributed by atoms with E-state index in [0.717, 1.165) is 11.3 Å². The third-order valence-electron chi connectivity index (χ3n) is 2.65. The van der Waals surface area contributed by atoms with Gasteiger partial charge in [-0.05, 0) is 17.7 Å². The molecule has 1 aromatic heterocycles. The lowest BCUT2D eigenvalue weighted by atomic mass is 10.2. The van der Waals surface area contributed by atoms with Crippen LogP contribution in [0.15, 0.2) is 36.7 Å². The zero-order chi connectivity index (χ0) is 13.0. The number of hydrogen-bond donors (Lipinski definition) is 1. The van der Waals surface area contributed by atoms with Crippen LogP contribution in [-0.4, -0.2) is 35.2 Å². The summed E-state index contributed by atoms with van der Waals surface area (Å²) in [5, 5.41) is 6.40. The number of H-pyrrole nitrogens is 1. The number of amides is 1. The van der Waals surface area contributed by atoms with Crippen LogP contribution in [0, 0.1) is 0 Å². The molecule has 2 aromatic rings. The zero-order valence-electron chi connectivity index (χ0n) is 10.4. The number of methoxy groups -OCH3 is 1. The molecular formula is C13H15N3O2. The first kappa shape index (κ1) is 12.2. The Kier molecular flexibility index (Phi) is 3.62. The van der Waals surface area contributed by atoms with Gasteiger partial charge >= 0.3 is 0 Å². The van der Waals surface area contributed by atoms with Gasteiger partial charge in [-0.25, -0.2) is 0 Å². The second-order valence-corrected chi connectivity index (χ2v) is 4.00. The van der Waals surface area contributed by atoms with Crippen molar-refractivity contribution in [2.45, 2.75) is 6.54 Å². The molecule has 0 spiro atoms. The summed E-state index contributed by atoms with van der Waals surface area (Å²) >= 11 is 0. The summed E-state index contributed by atoms with van der Waals surface area (Å²) in [4.78, 5) is 13.6. The summed E-state index contributed by atoms with van der Waals surface area (Å²) < 4.78 is 5.15. The average Bonchev–Trinajstić information content (AvgIpc) is 2.92. The smallest absolute Gasteiger partial charge is 0.257 e. The van der Waals surface area contributed by atoms with Crippen molar-refractivity contribution in [3.05, 3.63) is 47.8 Å². The fourth-order valence-corrected chi connectivity index (χ4v) is 1.70. The van der Waals surface area contributed by atoms with E-state index in [2.05, 4.69) is 10.2 Å². The van der Waals surface area contributed by atoms with Crippen LogP contribution < -0.4 is 4.74 Å². The van der Waals surface area contributed by atoms with Gasteiger partial charge in [0.2, 0.25) is 0 Å². The van der Waals surface area contributed by atoms with Crippen LogP contribution in [0.4, 0.5) is 0 Å². The van der Waals surface area contributed by atoms with E-state index in [-0.39, 0.29) is 5.91 Å². The fourth-order valence-electron chi connectivity index (χ4n) is 1.70. The third-order valence-corrected chi connectivity index (χ3v) is 2.65. The first-order valence-electron chi connectivity index (χ1n) is 5.58. The molecule has 0 radical (unpaired) electrons. The number of nitrogens with one attached hydrogen (secondary N) is 1. The van der Waals surface area contributed by atoms with Crippen molar-refractivity contribution in [2.75, 3.05) is 14.2 Å². The number of aromatic nitrogens is 2. The van der Waals surface area contributed by atoms with E-state index >= 15 is 0 Å². The molecule has 0 aliphatic rings. The molecule has 0 saturated heterocycles. The first-order chi connectivity index (χ1) is 8.70. The number of aromatic amines is 1. The number of hydrogen-bond acceptors (Lipinski definition) is 3. The van der Waals surface area contributed by atoms with Gasteiger partial charge in [-0.1, -0.05) is 12.1 Å². The normalized spacial score (nSPS) is 10.1. The summed E-state index contributed by atoms with van der Waals surface area (Å²) in [6.07, 6.45) is 3.11. The minimum Gasteiger partial charge on any atom is -0.497 e. The predicted molar refractivity (Wildman–Crippen MR) is 67.4 cm³/mol. The Balaban J connectivity index is 2.06. The first-order valence-corrected chi connectivity index (χ1v) is 5.58. The highest BCUT2D eigenvalue weighted by Gasteiger charge is 2.12. The van der Waals surface area contributed by atoms with Gasteiger partial charge in [-0.15, -0.1) is 0 Å². The van der Waals surface area contributed by atoms with Gasteiger partial charge in [0.05, 0.1) is 18.9 Å². The number of carbonyl (C=O) groups excluding carboxylic acids is 1. The molecule has 0 unspecified atom stereocenters. The van der Waals surface area contributed by atoms with Gasteiger partial charge < -0.3 is 9.64 Å².